The number of furan rings is 1. The quantitative estimate of drug-likeness (QED) is 0.485. The first-order chi connectivity index (χ1) is 13.9. The number of aliphatic carboxylic acids is 1. The third kappa shape index (κ3) is 2.96. The molecule has 0 bridgehead atoms. The van der Waals surface area contributed by atoms with E-state index in [1.54, 1.807) is 6.26 Å². The maximum absolute atomic E-state index is 11.8. The summed E-state index contributed by atoms with van der Waals surface area (Å²) < 4.78 is 7.88. The molecule has 4 aromatic rings. The highest BCUT2D eigenvalue weighted by Crippen LogP contribution is 2.47. The van der Waals surface area contributed by atoms with Gasteiger partial charge in [-0.15, -0.1) is 0 Å². The highest BCUT2D eigenvalue weighted by Gasteiger charge is 2.36. The minimum atomic E-state index is -0.810. The summed E-state index contributed by atoms with van der Waals surface area (Å²) in [5, 5.41) is 10.7. The lowest BCUT2D eigenvalue weighted by Crippen LogP contribution is -2.15. The van der Waals surface area contributed by atoms with E-state index >= 15 is 0 Å². The van der Waals surface area contributed by atoms with Gasteiger partial charge in [0.1, 0.15) is 5.58 Å². The number of benzene rings is 2. The van der Waals surface area contributed by atoms with Crippen LogP contribution in [0.5, 0.6) is 0 Å². The molecular weight excluding hydrogens is 362 g/mol. The lowest BCUT2D eigenvalue weighted by atomic mass is 9.86. The van der Waals surface area contributed by atoms with E-state index in [4.69, 9.17) is 4.42 Å². The summed E-state index contributed by atoms with van der Waals surface area (Å²) in [6, 6.07) is 18.4. The molecule has 1 aliphatic heterocycles. The van der Waals surface area contributed by atoms with Crippen molar-refractivity contribution in [3.05, 3.63) is 72.2 Å². The van der Waals surface area contributed by atoms with Crippen LogP contribution in [0.3, 0.4) is 0 Å². The molecule has 0 spiro atoms. The fraction of sp³-hybridized carbons (Fsp3) is 0.240. The number of carboxylic acid groups (broad SMARTS) is 1. The standard InChI is InChI=1S/C25H23NO3/c1-25(2)14-20-23(17-6-4-3-5-7-17)24(19(13-22(27)28)26(20)15-25)18-9-8-16-10-11-29-21(16)12-18/h3-12H,13-15H2,1-2H3,(H,27,28). The molecule has 0 atom stereocenters. The van der Waals surface area contributed by atoms with Gasteiger partial charge in [0.2, 0.25) is 0 Å². The third-order valence-electron chi connectivity index (χ3n) is 5.84. The Morgan fingerprint density at radius 2 is 1.86 bits per heavy atom. The van der Waals surface area contributed by atoms with Crippen LogP contribution in [-0.4, -0.2) is 15.6 Å². The Morgan fingerprint density at radius 3 is 2.62 bits per heavy atom. The molecule has 0 amide bonds. The number of nitrogens with zero attached hydrogens (tertiary/aromatic N) is 1. The highest BCUT2D eigenvalue weighted by atomic mass is 16.4. The van der Waals surface area contributed by atoms with Crippen LogP contribution in [0.2, 0.25) is 0 Å². The van der Waals surface area contributed by atoms with Crippen LogP contribution < -0.4 is 0 Å². The molecule has 1 N–H and O–H groups in total. The number of aromatic nitrogens is 1. The molecule has 146 valence electrons. The van der Waals surface area contributed by atoms with E-state index in [-0.39, 0.29) is 11.8 Å². The van der Waals surface area contributed by atoms with Gasteiger partial charge in [0.25, 0.3) is 0 Å². The van der Waals surface area contributed by atoms with Gasteiger partial charge >= 0.3 is 5.97 Å². The molecule has 2 aromatic heterocycles. The summed E-state index contributed by atoms with van der Waals surface area (Å²) >= 11 is 0. The van der Waals surface area contributed by atoms with Gasteiger partial charge < -0.3 is 14.1 Å². The molecular formula is C25H23NO3. The van der Waals surface area contributed by atoms with Gasteiger partial charge in [-0.2, -0.15) is 0 Å². The number of fused-ring (bicyclic) bond motifs is 2. The second-order valence-corrected chi connectivity index (χ2v) is 8.68. The summed E-state index contributed by atoms with van der Waals surface area (Å²) in [4.78, 5) is 11.8. The third-order valence-corrected chi connectivity index (χ3v) is 5.84. The van der Waals surface area contributed by atoms with E-state index < -0.39 is 5.97 Å². The van der Waals surface area contributed by atoms with Gasteiger partial charge in [-0.05, 0) is 35.1 Å². The van der Waals surface area contributed by atoms with Crippen molar-refractivity contribution in [3.63, 3.8) is 0 Å². The van der Waals surface area contributed by atoms with Crippen molar-refractivity contribution in [2.45, 2.75) is 33.2 Å². The molecule has 29 heavy (non-hydrogen) atoms. The van der Waals surface area contributed by atoms with Gasteiger partial charge in [-0.1, -0.05) is 56.3 Å². The Bertz CT molecular complexity index is 1230. The van der Waals surface area contributed by atoms with E-state index in [0.29, 0.717) is 0 Å². The molecule has 0 unspecified atom stereocenters. The van der Waals surface area contributed by atoms with Crippen molar-refractivity contribution in [1.82, 2.24) is 4.57 Å². The molecule has 0 saturated heterocycles. The summed E-state index contributed by atoms with van der Waals surface area (Å²) in [5.74, 6) is -0.810. The predicted molar refractivity (Wildman–Crippen MR) is 114 cm³/mol. The maximum atomic E-state index is 11.8. The Morgan fingerprint density at radius 1 is 1.07 bits per heavy atom. The average Bonchev–Trinajstić information content (AvgIpc) is 3.34. The summed E-state index contributed by atoms with van der Waals surface area (Å²) in [5.41, 5.74) is 7.32. The number of hydrogen-bond acceptors (Lipinski definition) is 2. The van der Waals surface area contributed by atoms with Crippen LogP contribution in [-0.2, 0) is 24.2 Å². The zero-order chi connectivity index (χ0) is 20.2. The van der Waals surface area contributed by atoms with Crippen LogP contribution in [0.15, 0.2) is 65.3 Å². The SMILES string of the molecule is CC1(C)Cc2c(-c3ccccc3)c(-c3ccc4ccoc4c3)c(CC(=O)O)n2C1. The normalized spacial score (nSPS) is 15.0. The molecule has 0 aliphatic carbocycles. The molecule has 0 saturated carbocycles. The monoisotopic (exact) mass is 385 g/mol. The van der Waals surface area contributed by atoms with Crippen molar-refractivity contribution in [3.8, 4) is 22.3 Å². The van der Waals surface area contributed by atoms with Gasteiger partial charge in [0.15, 0.2) is 0 Å². The van der Waals surface area contributed by atoms with Crippen molar-refractivity contribution < 1.29 is 14.3 Å². The van der Waals surface area contributed by atoms with Gasteiger partial charge in [-0.25, -0.2) is 0 Å². The van der Waals surface area contributed by atoms with Gasteiger partial charge in [-0.3, -0.25) is 4.79 Å². The second-order valence-electron chi connectivity index (χ2n) is 8.68. The van der Waals surface area contributed by atoms with E-state index in [1.807, 2.05) is 36.4 Å². The topological polar surface area (TPSA) is 55.4 Å². The van der Waals surface area contributed by atoms with Crippen LogP contribution >= 0.6 is 0 Å². The Kier molecular flexibility index (Phi) is 3.91. The smallest absolute Gasteiger partial charge is 0.309 e. The largest absolute Gasteiger partial charge is 0.481 e. The van der Waals surface area contributed by atoms with Crippen molar-refractivity contribution in [2.24, 2.45) is 5.41 Å². The van der Waals surface area contributed by atoms with Crippen molar-refractivity contribution in [1.29, 1.82) is 0 Å². The molecule has 1 aliphatic rings. The average molecular weight is 385 g/mol. The zero-order valence-corrected chi connectivity index (χ0v) is 16.6. The first-order valence-electron chi connectivity index (χ1n) is 9.92. The van der Waals surface area contributed by atoms with E-state index in [1.165, 1.54) is 5.69 Å². The van der Waals surface area contributed by atoms with Crippen LogP contribution in [0.1, 0.15) is 25.2 Å². The highest BCUT2D eigenvalue weighted by molar-refractivity contribution is 5.93. The summed E-state index contributed by atoms with van der Waals surface area (Å²) in [6.07, 6.45) is 2.61. The van der Waals surface area contributed by atoms with Crippen molar-refractivity contribution in [2.75, 3.05) is 0 Å². The summed E-state index contributed by atoms with van der Waals surface area (Å²) in [6.45, 7) is 5.32. The molecule has 2 aromatic carbocycles. The Hall–Kier alpha value is -3.27. The number of carbonyl (C=O) groups is 1. The maximum Gasteiger partial charge on any atom is 0.309 e. The molecule has 3 heterocycles. The van der Waals surface area contributed by atoms with E-state index in [0.717, 1.165) is 51.9 Å². The minimum Gasteiger partial charge on any atom is -0.481 e. The molecule has 0 fully saturated rings. The Balaban J connectivity index is 1.83. The number of rotatable bonds is 4. The van der Waals surface area contributed by atoms with Crippen LogP contribution in [0, 0.1) is 5.41 Å². The van der Waals surface area contributed by atoms with E-state index in [2.05, 4.69) is 36.6 Å². The van der Waals surface area contributed by atoms with Gasteiger partial charge in [0.05, 0.1) is 12.7 Å². The number of carboxylic acids is 1. The fourth-order valence-electron chi connectivity index (χ4n) is 4.70. The molecule has 4 nitrogen and oxygen atoms in total. The molecule has 4 heteroatoms. The van der Waals surface area contributed by atoms with Crippen LogP contribution in [0.25, 0.3) is 33.2 Å². The molecule has 5 rings (SSSR count). The van der Waals surface area contributed by atoms with E-state index in [9.17, 15) is 9.90 Å². The van der Waals surface area contributed by atoms with Crippen molar-refractivity contribution >= 4 is 16.9 Å². The van der Waals surface area contributed by atoms with Crippen LogP contribution in [0.4, 0.5) is 0 Å². The lowest BCUT2D eigenvalue weighted by Gasteiger charge is -2.18. The lowest BCUT2D eigenvalue weighted by molar-refractivity contribution is -0.136. The number of hydrogen-bond donors (Lipinski definition) is 1. The second kappa shape index (κ2) is 6.38. The molecule has 0 radical (unpaired) electrons. The fourth-order valence-corrected chi connectivity index (χ4v) is 4.70. The zero-order valence-electron chi connectivity index (χ0n) is 16.6. The Labute approximate surface area is 169 Å². The minimum absolute atomic E-state index is 0.00143. The summed E-state index contributed by atoms with van der Waals surface area (Å²) in [7, 11) is 0. The first kappa shape index (κ1) is 17.8. The van der Waals surface area contributed by atoms with Gasteiger partial charge in [0, 0.05) is 34.4 Å². The predicted octanol–water partition coefficient (Wildman–Crippen LogP) is 5.78. The first-order valence-corrected chi connectivity index (χ1v) is 9.92.